The van der Waals surface area contributed by atoms with E-state index in [0.717, 1.165) is 12.1 Å². The van der Waals surface area contributed by atoms with Gasteiger partial charge in [0.25, 0.3) is 10.9 Å². The molecule has 0 aliphatic carbocycles. The minimum atomic E-state index is -4.62. The molecule has 1 aliphatic rings. The van der Waals surface area contributed by atoms with E-state index in [9.17, 15) is 28.1 Å². The van der Waals surface area contributed by atoms with Crippen molar-refractivity contribution in [1.82, 2.24) is 0 Å². The molecule has 0 saturated carbocycles. The summed E-state index contributed by atoms with van der Waals surface area (Å²) in [6.07, 6.45) is -4.91. The predicted molar refractivity (Wildman–Crippen MR) is 104 cm³/mol. The summed E-state index contributed by atoms with van der Waals surface area (Å²) in [5.74, 6) is 0. The van der Waals surface area contributed by atoms with Crippen molar-refractivity contribution in [2.75, 3.05) is 18.0 Å². The number of halogens is 6. The Kier molecular flexibility index (Phi) is 5.73. The van der Waals surface area contributed by atoms with Gasteiger partial charge in [-0.05, 0) is 53.9 Å². The topological polar surface area (TPSA) is 63.5 Å². The number of anilines is 1. The Labute approximate surface area is 178 Å². The number of alkyl halides is 3. The molecule has 3 rings (SSSR count). The maximum Gasteiger partial charge on any atom is 0.400 e. The fraction of sp³-hybridized carbons (Fsp3) is 0.278. The molecule has 154 valence electrons. The van der Waals surface area contributed by atoms with Crippen molar-refractivity contribution >= 4 is 51.4 Å². The molecule has 1 heterocycles. The molecule has 0 amide bonds. The van der Waals surface area contributed by atoms with Gasteiger partial charge in [0, 0.05) is 34.9 Å². The van der Waals surface area contributed by atoms with Crippen LogP contribution < -0.4 is 4.90 Å². The lowest BCUT2D eigenvalue weighted by atomic mass is 9.79. The minimum Gasteiger partial charge on any atom is -0.370 e. The zero-order valence-electron chi connectivity index (χ0n) is 14.5. The number of nitrogens with zero attached hydrogens (tertiary/aromatic N) is 2. The fourth-order valence-electron chi connectivity index (χ4n) is 3.52. The normalized spacial score (nSPS) is 19.4. The second-order valence-electron chi connectivity index (χ2n) is 6.64. The van der Waals surface area contributed by atoms with Crippen LogP contribution in [0.2, 0.25) is 10.0 Å². The third kappa shape index (κ3) is 4.01. The smallest absolute Gasteiger partial charge is 0.370 e. The van der Waals surface area contributed by atoms with Crippen LogP contribution in [0.1, 0.15) is 22.3 Å². The number of nitro groups is 1. The molecule has 1 fully saturated rings. The van der Waals surface area contributed by atoms with Gasteiger partial charge in [-0.1, -0.05) is 23.2 Å². The number of hydrogen-bond acceptors (Lipinski definition) is 4. The first-order valence-corrected chi connectivity index (χ1v) is 9.34. The van der Waals surface area contributed by atoms with Crippen LogP contribution in [-0.4, -0.2) is 29.4 Å². The van der Waals surface area contributed by atoms with E-state index >= 15 is 0 Å². The molecule has 11 heteroatoms. The van der Waals surface area contributed by atoms with Crippen molar-refractivity contribution in [1.29, 1.82) is 0 Å². The molecule has 1 unspecified atom stereocenters. The van der Waals surface area contributed by atoms with Crippen LogP contribution in [0.3, 0.4) is 0 Å². The van der Waals surface area contributed by atoms with E-state index in [-0.39, 0.29) is 39.8 Å². The monoisotopic (exact) mass is 466 g/mol. The molecule has 5 nitrogen and oxygen atoms in total. The molecule has 1 atom stereocenters. The van der Waals surface area contributed by atoms with Gasteiger partial charge in [-0.2, -0.15) is 13.2 Å². The molecule has 0 spiro atoms. The molecule has 2 aromatic carbocycles. The van der Waals surface area contributed by atoms with Crippen LogP contribution in [0.5, 0.6) is 0 Å². The van der Waals surface area contributed by atoms with Gasteiger partial charge in [-0.3, -0.25) is 14.9 Å². The van der Waals surface area contributed by atoms with Gasteiger partial charge in [0.2, 0.25) is 0 Å². The number of carbonyl (C=O) groups is 1. The largest absolute Gasteiger partial charge is 0.400 e. The van der Waals surface area contributed by atoms with E-state index < -0.39 is 34.0 Å². The highest BCUT2D eigenvalue weighted by Crippen LogP contribution is 2.49. The summed E-state index contributed by atoms with van der Waals surface area (Å²) >= 11 is 17.2. The van der Waals surface area contributed by atoms with Crippen LogP contribution in [0.4, 0.5) is 24.5 Å². The second-order valence-corrected chi connectivity index (χ2v) is 7.86. The predicted octanol–water partition coefficient (Wildman–Crippen LogP) is 5.99. The van der Waals surface area contributed by atoms with Crippen molar-refractivity contribution in [2.24, 2.45) is 0 Å². The van der Waals surface area contributed by atoms with Crippen molar-refractivity contribution < 1.29 is 22.9 Å². The van der Waals surface area contributed by atoms with E-state index in [1.807, 2.05) is 0 Å². The van der Waals surface area contributed by atoms with E-state index in [0.29, 0.717) is 0 Å². The lowest BCUT2D eigenvalue weighted by Gasteiger charge is -2.33. The van der Waals surface area contributed by atoms with E-state index in [2.05, 4.69) is 0 Å². The third-order valence-electron chi connectivity index (χ3n) is 4.98. The summed E-state index contributed by atoms with van der Waals surface area (Å²) in [4.78, 5) is 23.2. The summed E-state index contributed by atoms with van der Waals surface area (Å²) in [6.45, 7) is -0.506. The summed E-state index contributed by atoms with van der Waals surface area (Å²) in [5, 5.41) is 10.4. The Morgan fingerprint density at radius 2 is 1.76 bits per heavy atom. The molecule has 0 aromatic heterocycles. The van der Waals surface area contributed by atoms with Gasteiger partial charge in [-0.25, -0.2) is 0 Å². The van der Waals surface area contributed by atoms with Crippen molar-refractivity contribution in [2.45, 2.75) is 18.0 Å². The van der Waals surface area contributed by atoms with Gasteiger partial charge in [0.15, 0.2) is 0 Å². The lowest BCUT2D eigenvalue weighted by molar-refractivity contribution is -0.385. The molecular formula is C18H12Cl3F3N2O3. The summed E-state index contributed by atoms with van der Waals surface area (Å²) in [6, 6.07) is 7.30. The first-order valence-electron chi connectivity index (χ1n) is 8.21. The highest BCUT2D eigenvalue weighted by molar-refractivity contribution is 6.68. The Bertz CT molecular complexity index is 980. The molecule has 0 radical (unpaired) electrons. The summed E-state index contributed by atoms with van der Waals surface area (Å²) < 4.78 is 42.4. The number of benzene rings is 2. The van der Waals surface area contributed by atoms with E-state index in [1.165, 1.54) is 29.2 Å². The lowest BCUT2D eigenvalue weighted by Crippen LogP contribution is -2.44. The maximum atomic E-state index is 14.1. The van der Waals surface area contributed by atoms with Crippen molar-refractivity contribution in [3.8, 4) is 0 Å². The number of nitro benzene ring substituents is 1. The van der Waals surface area contributed by atoms with Gasteiger partial charge >= 0.3 is 6.18 Å². The summed E-state index contributed by atoms with van der Waals surface area (Å²) in [7, 11) is 0. The average molecular weight is 468 g/mol. The Morgan fingerprint density at radius 3 is 2.28 bits per heavy atom. The van der Waals surface area contributed by atoms with E-state index in [1.54, 1.807) is 0 Å². The Morgan fingerprint density at radius 1 is 1.14 bits per heavy atom. The van der Waals surface area contributed by atoms with E-state index in [4.69, 9.17) is 34.8 Å². The van der Waals surface area contributed by atoms with Gasteiger partial charge in [0.1, 0.15) is 11.0 Å². The molecule has 0 bridgehead atoms. The SMILES string of the molecule is O=C(Cl)c1ccc(N2CCC(c3cc(Cl)cc(Cl)c3)(C(F)(F)F)C2)cc1[N+](=O)[O-]. The van der Waals surface area contributed by atoms with Crippen LogP contribution in [0, 0.1) is 10.1 Å². The zero-order chi connectivity index (χ0) is 21.6. The maximum absolute atomic E-state index is 14.1. The molecule has 0 N–H and O–H groups in total. The quantitative estimate of drug-likeness (QED) is 0.315. The Hall–Kier alpha value is -2.03. The summed E-state index contributed by atoms with van der Waals surface area (Å²) in [5.41, 5.74) is -3.05. The number of carbonyl (C=O) groups excluding carboxylic acids is 1. The second kappa shape index (κ2) is 7.66. The van der Waals surface area contributed by atoms with Gasteiger partial charge in [-0.15, -0.1) is 0 Å². The molecule has 2 aromatic rings. The van der Waals surface area contributed by atoms with Crippen molar-refractivity contribution in [3.63, 3.8) is 0 Å². The van der Waals surface area contributed by atoms with Crippen LogP contribution >= 0.6 is 34.8 Å². The highest BCUT2D eigenvalue weighted by Gasteiger charge is 2.59. The third-order valence-corrected chi connectivity index (χ3v) is 5.62. The molecule has 29 heavy (non-hydrogen) atoms. The van der Waals surface area contributed by atoms with Crippen LogP contribution in [-0.2, 0) is 5.41 Å². The first kappa shape index (κ1) is 21.7. The molecular weight excluding hydrogens is 456 g/mol. The zero-order valence-corrected chi connectivity index (χ0v) is 16.7. The highest BCUT2D eigenvalue weighted by atomic mass is 35.5. The number of rotatable bonds is 4. The van der Waals surface area contributed by atoms with Gasteiger partial charge in [0.05, 0.1) is 4.92 Å². The standard InChI is InChI=1S/C18H12Cl3F3N2O3/c19-11-5-10(6-12(20)7-11)17(18(22,23)24)3-4-25(9-17)13-1-2-14(16(21)27)15(8-13)26(28)29/h1-2,5-8H,3-4,9H2. The average Bonchev–Trinajstić information content (AvgIpc) is 3.07. The fourth-order valence-corrected chi connectivity index (χ4v) is 4.21. The van der Waals surface area contributed by atoms with Gasteiger partial charge < -0.3 is 4.90 Å². The van der Waals surface area contributed by atoms with Crippen LogP contribution in [0.15, 0.2) is 36.4 Å². The van der Waals surface area contributed by atoms with Crippen molar-refractivity contribution in [3.05, 3.63) is 67.7 Å². The first-order chi connectivity index (χ1) is 13.4. The minimum absolute atomic E-state index is 0.0189. The molecule has 1 aliphatic heterocycles. The van der Waals surface area contributed by atoms with Crippen LogP contribution in [0.25, 0.3) is 0 Å². The molecule has 1 saturated heterocycles. The Balaban J connectivity index is 2.05. The number of hydrogen-bond donors (Lipinski definition) is 0.